The maximum atomic E-state index is 6.12. The summed E-state index contributed by atoms with van der Waals surface area (Å²) in [4.78, 5) is 0. The number of para-hydroxylation sites is 1. The number of hydrogen-bond acceptors (Lipinski definition) is 3. The second kappa shape index (κ2) is 5.70. The van der Waals surface area contributed by atoms with Crippen LogP contribution in [-0.2, 0) is 6.54 Å². The number of aryl methyl sites for hydroxylation is 1. The summed E-state index contributed by atoms with van der Waals surface area (Å²) in [5.41, 5.74) is 2.81. The molecule has 1 N–H and O–H groups in total. The van der Waals surface area contributed by atoms with E-state index in [1.165, 1.54) is 0 Å². The summed E-state index contributed by atoms with van der Waals surface area (Å²) in [6, 6.07) is 13.8. The molecule has 0 radical (unpaired) electrons. The third kappa shape index (κ3) is 2.83. The molecule has 108 valence electrons. The molecule has 0 spiro atoms. The van der Waals surface area contributed by atoms with Gasteiger partial charge in [0.15, 0.2) is 11.3 Å². The minimum atomic E-state index is 0.594. The van der Waals surface area contributed by atoms with E-state index in [1.54, 1.807) is 7.11 Å². The Morgan fingerprint density at radius 2 is 2.05 bits per heavy atom. The number of fused-ring (bicyclic) bond motifs is 1. The Bertz CT molecular complexity index is 780. The molecule has 0 saturated heterocycles. The quantitative estimate of drug-likeness (QED) is 0.735. The van der Waals surface area contributed by atoms with E-state index in [4.69, 9.17) is 20.8 Å². The van der Waals surface area contributed by atoms with Crippen LogP contribution in [0.5, 0.6) is 5.75 Å². The lowest BCUT2D eigenvalue weighted by Gasteiger charge is -2.06. The standard InChI is InChI=1S/C17H16ClNO2/c1-11-6-7-13(9-15(11)18)19-10-14-8-12-4-3-5-16(20-2)17(12)21-14/h3-9,19H,10H2,1-2H3. The van der Waals surface area contributed by atoms with Crippen molar-refractivity contribution in [1.29, 1.82) is 0 Å². The van der Waals surface area contributed by atoms with Gasteiger partial charge in [-0.15, -0.1) is 0 Å². The van der Waals surface area contributed by atoms with Crippen LogP contribution in [-0.4, -0.2) is 7.11 Å². The summed E-state index contributed by atoms with van der Waals surface area (Å²) in [7, 11) is 1.64. The van der Waals surface area contributed by atoms with Gasteiger partial charge in [-0.05, 0) is 36.8 Å². The lowest BCUT2D eigenvalue weighted by Crippen LogP contribution is -1.98. The van der Waals surface area contributed by atoms with E-state index in [0.29, 0.717) is 6.54 Å². The summed E-state index contributed by atoms with van der Waals surface area (Å²) in [5.74, 6) is 1.60. The SMILES string of the molecule is COc1cccc2cc(CNc3ccc(C)c(Cl)c3)oc12. The van der Waals surface area contributed by atoms with Gasteiger partial charge in [0.05, 0.1) is 13.7 Å². The first-order chi connectivity index (χ1) is 10.2. The van der Waals surface area contributed by atoms with Crippen LogP contribution in [0, 0.1) is 6.92 Å². The molecule has 3 rings (SSSR count). The van der Waals surface area contributed by atoms with Gasteiger partial charge in [-0.1, -0.05) is 29.8 Å². The van der Waals surface area contributed by atoms with Crippen LogP contribution < -0.4 is 10.1 Å². The Balaban J connectivity index is 1.80. The Hall–Kier alpha value is -2.13. The number of furan rings is 1. The van der Waals surface area contributed by atoms with Crippen LogP contribution in [0.15, 0.2) is 46.9 Å². The van der Waals surface area contributed by atoms with E-state index < -0.39 is 0 Å². The highest BCUT2D eigenvalue weighted by molar-refractivity contribution is 6.31. The number of ether oxygens (including phenoxy) is 1. The van der Waals surface area contributed by atoms with Gasteiger partial charge in [0, 0.05) is 16.1 Å². The highest BCUT2D eigenvalue weighted by Gasteiger charge is 2.08. The van der Waals surface area contributed by atoms with Crippen LogP contribution >= 0.6 is 11.6 Å². The third-order valence-corrected chi connectivity index (χ3v) is 3.82. The lowest BCUT2D eigenvalue weighted by atomic mass is 10.2. The molecule has 0 aliphatic heterocycles. The van der Waals surface area contributed by atoms with E-state index in [-0.39, 0.29) is 0 Å². The summed E-state index contributed by atoms with van der Waals surface area (Å²) in [6.07, 6.45) is 0. The number of anilines is 1. The van der Waals surface area contributed by atoms with Crippen molar-refractivity contribution in [3.05, 3.63) is 58.8 Å². The predicted octanol–water partition coefficient (Wildman–Crippen LogP) is 5.02. The van der Waals surface area contributed by atoms with Crippen molar-refractivity contribution in [2.45, 2.75) is 13.5 Å². The summed E-state index contributed by atoms with van der Waals surface area (Å²) < 4.78 is 11.1. The molecule has 0 amide bonds. The molecule has 3 aromatic rings. The van der Waals surface area contributed by atoms with Gasteiger partial charge < -0.3 is 14.5 Å². The molecular weight excluding hydrogens is 286 g/mol. The van der Waals surface area contributed by atoms with Crippen molar-refractivity contribution >= 4 is 28.3 Å². The van der Waals surface area contributed by atoms with E-state index in [2.05, 4.69) is 5.32 Å². The Kier molecular flexibility index (Phi) is 3.76. The first-order valence-corrected chi connectivity index (χ1v) is 7.10. The van der Waals surface area contributed by atoms with Crippen molar-refractivity contribution in [2.75, 3.05) is 12.4 Å². The molecule has 1 aromatic heterocycles. The minimum absolute atomic E-state index is 0.594. The number of benzene rings is 2. The van der Waals surface area contributed by atoms with E-state index in [9.17, 15) is 0 Å². The molecule has 0 bridgehead atoms. The van der Waals surface area contributed by atoms with Crippen LogP contribution in [0.1, 0.15) is 11.3 Å². The van der Waals surface area contributed by atoms with Gasteiger partial charge in [-0.2, -0.15) is 0 Å². The normalized spacial score (nSPS) is 10.8. The Labute approximate surface area is 128 Å². The lowest BCUT2D eigenvalue weighted by molar-refractivity contribution is 0.408. The smallest absolute Gasteiger partial charge is 0.176 e. The van der Waals surface area contributed by atoms with Gasteiger partial charge in [-0.3, -0.25) is 0 Å². The Morgan fingerprint density at radius 1 is 1.19 bits per heavy atom. The average Bonchev–Trinajstić information content (AvgIpc) is 2.91. The molecule has 0 saturated carbocycles. The van der Waals surface area contributed by atoms with Crippen molar-refractivity contribution in [3.8, 4) is 5.75 Å². The first kappa shape index (κ1) is 13.8. The summed E-state index contributed by atoms with van der Waals surface area (Å²) in [6.45, 7) is 2.58. The fourth-order valence-corrected chi connectivity index (χ4v) is 2.41. The molecule has 0 fully saturated rings. The molecule has 0 aliphatic rings. The van der Waals surface area contributed by atoms with Crippen molar-refractivity contribution in [2.24, 2.45) is 0 Å². The Morgan fingerprint density at radius 3 is 2.81 bits per heavy atom. The molecule has 21 heavy (non-hydrogen) atoms. The average molecular weight is 302 g/mol. The second-order valence-corrected chi connectivity index (χ2v) is 5.32. The van der Waals surface area contributed by atoms with Gasteiger partial charge >= 0.3 is 0 Å². The van der Waals surface area contributed by atoms with Crippen LogP contribution in [0.3, 0.4) is 0 Å². The summed E-state index contributed by atoms with van der Waals surface area (Å²) >= 11 is 6.12. The molecule has 3 nitrogen and oxygen atoms in total. The topological polar surface area (TPSA) is 34.4 Å². The zero-order chi connectivity index (χ0) is 14.8. The maximum absolute atomic E-state index is 6.12. The van der Waals surface area contributed by atoms with Crippen molar-refractivity contribution < 1.29 is 9.15 Å². The zero-order valence-electron chi connectivity index (χ0n) is 11.9. The third-order valence-electron chi connectivity index (χ3n) is 3.42. The molecule has 0 atom stereocenters. The monoisotopic (exact) mass is 301 g/mol. The van der Waals surface area contributed by atoms with Crippen LogP contribution in [0.4, 0.5) is 5.69 Å². The largest absolute Gasteiger partial charge is 0.493 e. The van der Waals surface area contributed by atoms with Gasteiger partial charge in [0.1, 0.15) is 5.76 Å². The van der Waals surface area contributed by atoms with Gasteiger partial charge in [0.2, 0.25) is 0 Å². The molecule has 4 heteroatoms. The minimum Gasteiger partial charge on any atom is -0.493 e. The van der Waals surface area contributed by atoms with E-state index >= 15 is 0 Å². The van der Waals surface area contributed by atoms with Crippen molar-refractivity contribution in [1.82, 2.24) is 0 Å². The molecular formula is C17H16ClNO2. The van der Waals surface area contributed by atoms with Gasteiger partial charge in [-0.25, -0.2) is 0 Å². The van der Waals surface area contributed by atoms with Gasteiger partial charge in [0.25, 0.3) is 0 Å². The number of rotatable bonds is 4. The number of hydrogen-bond donors (Lipinski definition) is 1. The van der Waals surface area contributed by atoms with E-state index in [0.717, 1.165) is 38.8 Å². The maximum Gasteiger partial charge on any atom is 0.176 e. The highest BCUT2D eigenvalue weighted by Crippen LogP contribution is 2.29. The molecule has 0 unspecified atom stereocenters. The first-order valence-electron chi connectivity index (χ1n) is 6.73. The van der Waals surface area contributed by atoms with E-state index in [1.807, 2.05) is 49.4 Å². The van der Waals surface area contributed by atoms with Crippen molar-refractivity contribution in [3.63, 3.8) is 0 Å². The predicted molar refractivity (Wildman–Crippen MR) is 86.3 cm³/mol. The fraction of sp³-hybridized carbons (Fsp3) is 0.176. The molecule has 1 heterocycles. The molecule has 2 aromatic carbocycles. The number of nitrogens with one attached hydrogen (secondary N) is 1. The fourth-order valence-electron chi connectivity index (χ4n) is 2.23. The zero-order valence-corrected chi connectivity index (χ0v) is 12.7. The summed E-state index contributed by atoms with van der Waals surface area (Å²) in [5, 5.41) is 5.10. The number of halogens is 1. The van der Waals surface area contributed by atoms with Crippen LogP contribution in [0.25, 0.3) is 11.0 Å². The van der Waals surface area contributed by atoms with Crippen LogP contribution in [0.2, 0.25) is 5.02 Å². The number of methoxy groups -OCH3 is 1. The highest BCUT2D eigenvalue weighted by atomic mass is 35.5. The second-order valence-electron chi connectivity index (χ2n) is 4.91. The molecule has 0 aliphatic carbocycles.